The van der Waals surface area contributed by atoms with E-state index in [1.165, 1.54) is 12.8 Å². The van der Waals surface area contributed by atoms with E-state index in [2.05, 4.69) is 5.32 Å². The molecule has 0 radical (unpaired) electrons. The fourth-order valence-corrected chi connectivity index (χ4v) is 2.64. The van der Waals surface area contributed by atoms with E-state index < -0.39 is 0 Å². The molecule has 0 amide bonds. The first-order chi connectivity index (χ1) is 7.18. The number of hydrogen-bond acceptors (Lipinski definition) is 1. The van der Waals surface area contributed by atoms with Gasteiger partial charge in [-0.1, -0.05) is 34.8 Å². The molecule has 1 unspecified atom stereocenters. The standard InChI is InChI=1S/C11H12Cl3N/c12-9-3-4-10(13)11(14)8(9)6-7-2-1-5-15-7/h3-4,7,15H,1-2,5-6H2. The Morgan fingerprint density at radius 2 is 1.93 bits per heavy atom. The molecule has 1 aliphatic rings. The van der Waals surface area contributed by atoms with Crippen LogP contribution in [0.1, 0.15) is 18.4 Å². The van der Waals surface area contributed by atoms with E-state index in [0.717, 1.165) is 18.5 Å². The Morgan fingerprint density at radius 1 is 1.20 bits per heavy atom. The second-order valence-electron chi connectivity index (χ2n) is 3.82. The molecule has 1 heterocycles. The zero-order valence-electron chi connectivity index (χ0n) is 8.19. The molecule has 4 heteroatoms. The highest BCUT2D eigenvalue weighted by atomic mass is 35.5. The van der Waals surface area contributed by atoms with E-state index >= 15 is 0 Å². The molecule has 1 nitrogen and oxygen atoms in total. The van der Waals surface area contributed by atoms with Crippen LogP contribution in [0.2, 0.25) is 15.1 Å². The maximum absolute atomic E-state index is 6.13. The van der Waals surface area contributed by atoms with E-state index in [9.17, 15) is 0 Å². The molecule has 15 heavy (non-hydrogen) atoms. The van der Waals surface area contributed by atoms with Crippen LogP contribution in [-0.2, 0) is 6.42 Å². The van der Waals surface area contributed by atoms with Crippen molar-refractivity contribution in [2.45, 2.75) is 25.3 Å². The molecule has 1 N–H and O–H groups in total. The lowest BCUT2D eigenvalue weighted by Gasteiger charge is -2.13. The van der Waals surface area contributed by atoms with Crippen LogP contribution in [0.5, 0.6) is 0 Å². The summed E-state index contributed by atoms with van der Waals surface area (Å²) in [7, 11) is 0. The highest BCUT2D eigenvalue weighted by Gasteiger charge is 2.18. The van der Waals surface area contributed by atoms with Gasteiger partial charge < -0.3 is 5.32 Å². The van der Waals surface area contributed by atoms with Crippen LogP contribution in [0.4, 0.5) is 0 Å². The summed E-state index contributed by atoms with van der Waals surface area (Å²) in [5.74, 6) is 0. The van der Waals surface area contributed by atoms with E-state index in [-0.39, 0.29) is 0 Å². The van der Waals surface area contributed by atoms with Crippen molar-refractivity contribution >= 4 is 34.8 Å². The van der Waals surface area contributed by atoms with Crippen molar-refractivity contribution in [3.05, 3.63) is 32.8 Å². The quantitative estimate of drug-likeness (QED) is 0.798. The molecule has 0 bridgehead atoms. The van der Waals surface area contributed by atoms with E-state index in [4.69, 9.17) is 34.8 Å². The summed E-state index contributed by atoms with van der Waals surface area (Å²) < 4.78 is 0. The molecule has 1 aromatic rings. The summed E-state index contributed by atoms with van der Waals surface area (Å²) in [6, 6.07) is 4.02. The molecule has 1 atom stereocenters. The lowest BCUT2D eigenvalue weighted by molar-refractivity contribution is 0.603. The van der Waals surface area contributed by atoms with Crippen molar-refractivity contribution in [1.29, 1.82) is 0 Å². The van der Waals surface area contributed by atoms with E-state index in [1.54, 1.807) is 12.1 Å². The molecule has 0 aromatic heterocycles. The molecule has 1 aliphatic heterocycles. The highest BCUT2D eigenvalue weighted by molar-refractivity contribution is 6.44. The average molecular weight is 265 g/mol. The van der Waals surface area contributed by atoms with Gasteiger partial charge in [0.2, 0.25) is 0 Å². The van der Waals surface area contributed by atoms with Crippen LogP contribution in [0.25, 0.3) is 0 Å². The third-order valence-electron chi connectivity index (χ3n) is 2.75. The predicted molar refractivity (Wildman–Crippen MR) is 66.2 cm³/mol. The summed E-state index contributed by atoms with van der Waals surface area (Å²) in [6.45, 7) is 1.08. The summed E-state index contributed by atoms with van der Waals surface area (Å²) in [5, 5.41) is 5.30. The van der Waals surface area contributed by atoms with Gasteiger partial charge in [-0.3, -0.25) is 0 Å². The van der Waals surface area contributed by atoms with Crippen LogP contribution >= 0.6 is 34.8 Å². The minimum absolute atomic E-state index is 0.485. The van der Waals surface area contributed by atoms with Gasteiger partial charge in [0.1, 0.15) is 0 Å². The first-order valence-electron chi connectivity index (χ1n) is 5.04. The summed E-state index contributed by atoms with van der Waals surface area (Å²) in [4.78, 5) is 0. The zero-order chi connectivity index (χ0) is 10.8. The molecular weight excluding hydrogens is 252 g/mol. The first-order valence-corrected chi connectivity index (χ1v) is 6.17. The van der Waals surface area contributed by atoms with Crippen LogP contribution < -0.4 is 5.32 Å². The Bertz CT molecular complexity index is 359. The fourth-order valence-electron chi connectivity index (χ4n) is 1.93. The van der Waals surface area contributed by atoms with Gasteiger partial charge in [-0.25, -0.2) is 0 Å². The predicted octanol–water partition coefficient (Wildman–Crippen LogP) is 3.94. The van der Waals surface area contributed by atoms with Gasteiger partial charge in [0.25, 0.3) is 0 Å². The van der Waals surface area contributed by atoms with Crippen molar-refractivity contribution in [3.63, 3.8) is 0 Å². The number of nitrogens with one attached hydrogen (secondary N) is 1. The molecule has 1 aromatic carbocycles. The topological polar surface area (TPSA) is 12.0 Å². The van der Waals surface area contributed by atoms with Crippen LogP contribution in [-0.4, -0.2) is 12.6 Å². The van der Waals surface area contributed by atoms with Crippen molar-refractivity contribution in [1.82, 2.24) is 5.32 Å². The molecule has 2 rings (SSSR count). The van der Waals surface area contributed by atoms with Gasteiger partial charge in [0, 0.05) is 11.1 Å². The number of halogens is 3. The van der Waals surface area contributed by atoms with E-state index in [0.29, 0.717) is 21.1 Å². The van der Waals surface area contributed by atoms with Crippen molar-refractivity contribution in [3.8, 4) is 0 Å². The normalized spacial score (nSPS) is 20.9. The van der Waals surface area contributed by atoms with E-state index in [1.807, 2.05) is 0 Å². The Hall–Kier alpha value is 0.0500. The van der Waals surface area contributed by atoms with Gasteiger partial charge in [0.05, 0.1) is 10.0 Å². The molecule has 0 spiro atoms. The molecule has 1 fully saturated rings. The van der Waals surface area contributed by atoms with Gasteiger partial charge in [-0.2, -0.15) is 0 Å². The smallest absolute Gasteiger partial charge is 0.0639 e. The molecule has 0 aliphatic carbocycles. The molecule has 1 saturated heterocycles. The molecule has 0 saturated carbocycles. The van der Waals surface area contributed by atoms with Crippen molar-refractivity contribution in [2.75, 3.05) is 6.54 Å². The van der Waals surface area contributed by atoms with Gasteiger partial charge in [-0.15, -0.1) is 0 Å². The Kier molecular flexibility index (Phi) is 3.78. The summed E-state index contributed by atoms with van der Waals surface area (Å²) in [6.07, 6.45) is 3.26. The number of hydrogen-bond donors (Lipinski definition) is 1. The Morgan fingerprint density at radius 3 is 2.60 bits per heavy atom. The first kappa shape index (κ1) is 11.5. The van der Waals surface area contributed by atoms with Gasteiger partial charge in [0.15, 0.2) is 0 Å². The number of rotatable bonds is 2. The fraction of sp³-hybridized carbons (Fsp3) is 0.455. The lowest BCUT2D eigenvalue weighted by Crippen LogP contribution is -2.23. The minimum Gasteiger partial charge on any atom is -0.314 e. The maximum Gasteiger partial charge on any atom is 0.0639 e. The monoisotopic (exact) mass is 263 g/mol. The molecule has 82 valence electrons. The largest absolute Gasteiger partial charge is 0.314 e. The van der Waals surface area contributed by atoms with Gasteiger partial charge in [-0.05, 0) is 43.5 Å². The van der Waals surface area contributed by atoms with Crippen LogP contribution in [0, 0.1) is 0 Å². The summed E-state index contributed by atoms with van der Waals surface area (Å²) in [5.41, 5.74) is 0.963. The average Bonchev–Trinajstić information content (AvgIpc) is 2.71. The molecular formula is C11H12Cl3N. The zero-order valence-corrected chi connectivity index (χ0v) is 10.5. The van der Waals surface area contributed by atoms with Crippen LogP contribution in [0.3, 0.4) is 0 Å². The third kappa shape index (κ3) is 2.59. The minimum atomic E-state index is 0.485. The second-order valence-corrected chi connectivity index (χ2v) is 5.01. The second kappa shape index (κ2) is 4.92. The van der Waals surface area contributed by atoms with Gasteiger partial charge >= 0.3 is 0 Å². The number of benzene rings is 1. The lowest BCUT2D eigenvalue weighted by atomic mass is 10.0. The highest BCUT2D eigenvalue weighted by Crippen LogP contribution is 2.32. The third-order valence-corrected chi connectivity index (χ3v) is 3.95. The SMILES string of the molecule is Clc1ccc(Cl)c(CC2CCCN2)c1Cl. The van der Waals surface area contributed by atoms with Crippen molar-refractivity contribution < 1.29 is 0 Å². The summed E-state index contributed by atoms with van der Waals surface area (Å²) >= 11 is 18.2. The van der Waals surface area contributed by atoms with Crippen LogP contribution in [0.15, 0.2) is 12.1 Å². The Balaban J connectivity index is 2.22. The maximum atomic E-state index is 6.13. The van der Waals surface area contributed by atoms with Crippen molar-refractivity contribution in [2.24, 2.45) is 0 Å². The Labute approximate surface area is 105 Å².